The summed E-state index contributed by atoms with van der Waals surface area (Å²) < 4.78 is 5.41. The average Bonchev–Trinajstić information content (AvgIpc) is 2.20. The number of Topliss-reactive ketones (excluding diaryl/α,β-unsaturated/α-hetero) is 1. The highest BCUT2D eigenvalue weighted by molar-refractivity contribution is 5.84. The number of rotatable bonds is 5. The molecule has 1 aliphatic heterocycles. The Labute approximate surface area is 98.5 Å². The number of hydrogen-bond donors (Lipinski definition) is 0. The van der Waals surface area contributed by atoms with Gasteiger partial charge in [0.15, 0.2) is 0 Å². The monoisotopic (exact) mass is 227 g/mol. The molecule has 93 valence electrons. The fourth-order valence-corrected chi connectivity index (χ4v) is 1.96. The number of nitrogens with zero attached hydrogens (tertiary/aromatic N) is 2. The fourth-order valence-electron chi connectivity index (χ4n) is 1.96. The molecule has 0 saturated carbocycles. The van der Waals surface area contributed by atoms with E-state index >= 15 is 0 Å². The molecule has 1 fully saturated rings. The van der Waals surface area contributed by atoms with Crippen LogP contribution in [0, 0.1) is 6.92 Å². The molecule has 16 heavy (non-hydrogen) atoms. The molecular formula is C12H23N2O2. The van der Waals surface area contributed by atoms with Crippen LogP contribution in [0.1, 0.15) is 13.8 Å². The first-order valence-electron chi connectivity index (χ1n) is 5.77. The minimum atomic E-state index is -0.0930. The van der Waals surface area contributed by atoms with Crippen molar-refractivity contribution in [2.45, 2.75) is 19.4 Å². The first kappa shape index (κ1) is 13.6. The molecule has 0 unspecified atom stereocenters. The molecule has 0 atom stereocenters. The first-order valence-corrected chi connectivity index (χ1v) is 5.77. The van der Waals surface area contributed by atoms with Gasteiger partial charge in [0, 0.05) is 46.8 Å². The van der Waals surface area contributed by atoms with Gasteiger partial charge in [-0.2, -0.15) is 0 Å². The molecule has 0 spiro atoms. The zero-order valence-electron chi connectivity index (χ0n) is 10.7. The Bertz CT molecular complexity index is 233. The SMILES string of the molecule is [CH2]C(=O)CN1CCN(CC(C)(C)OC)CC1. The maximum absolute atomic E-state index is 10.9. The van der Waals surface area contributed by atoms with Crippen molar-refractivity contribution >= 4 is 5.78 Å². The van der Waals surface area contributed by atoms with Gasteiger partial charge in [-0.05, 0) is 13.8 Å². The lowest BCUT2D eigenvalue weighted by Crippen LogP contribution is -2.51. The molecule has 0 amide bonds. The van der Waals surface area contributed by atoms with Crippen molar-refractivity contribution in [3.8, 4) is 0 Å². The lowest BCUT2D eigenvalue weighted by atomic mass is 10.1. The topological polar surface area (TPSA) is 32.8 Å². The molecule has 4 heteroatoms. The lowest BCUT2D eigenvalue weighted by Gasteiger charge is -2.38. The summed E-state index contributed by atoms with van der Waals surface area (Å²) in [5.74, 6) is 0.00525. The Balaban J connectivity index is 2.29. The Hall–Kier alpha value is -0.450. The summed E-state index contributed by atoms with van der Waals surface area (Å²) in [7, 11) is 1.75. The molecule has 4 nitrogen and oxygen atoms in total. The number of ketones is 1. The van der Waals surface area contributed by atoms with Crippen molar-refractivity contribution in [1.29, 1.82) is 0 Å². The van der Waals surface area contributed by atoms with Crippen molar-refractivity contribution in [2.24, 2.45) is 0 Å². The van der Waals surface area contributed by atoms with Crippen LogP contribution in [0.25, 0.3) is 0 Å². The Morgan fingerprint density at radius 1 is 1.25 bits per heavy atom. The van der Waals surface area contributed by atoms with E-state index in [4.69, 9.17) is 4.74 Å². The van der Waals surface area contributed by atoms with Crippen molar-refractivity contribution in [3.05, 3.63) is 6.92 Å². The Kier molecular flexibility index (Phi) is 4.89. The van der Waals surface area contributed by atoms with Gasteiger partial charge in [0.25, 0.3) is 0 Å². The first-order chi connectivity index (χ1) is 7.43. The molecular weight excluding hydrogens is 204 g/mol. The van der Waals surface area contributed by atoms with Crippen LogP contribution in [0.2, 0.25) is 0 Å². The second-order valence-electron chi connectivity index (χ2n) is 5.05. The highest BCUT2D eigenvalue weighted by atomic mass is 16.5. The molecule has 1 saturated heterocycles. The predicted octanol–water partition coefficient (Wildman–Crippen LogP) is 0.432. The summed E-state index contributed by atoms with van der Waals surface area (Å²) >= 11 is 0. The zero-order valence-corrected chi connectivity index (χ0v) is 10.7. The summed E-state index contributed by atoms with van der Waals surface area (Å²) in [6.45, 7) is 12.9. The average molecular weight is 227 g/mol. The van der Waals surface area contributed by atoms with Gasteiger partial charge >= 0.3 is 0 Å². The fraction of sp³-hybridized carbons (Fsp3) is 0.833. The molecule has 1 heterocycles. The molecule has 0 N–H and O–H groups in total. The molecule has 0 aromatic heterocycles. The van der Waals surface area contributed by atoms with E-state index in [-0.39, 0.29) is 11.4 Å². The van der Waals surface area contributed by atoms with E-state index in [0.717, 1.165) is 32.7 Å². The van der Waals surface area contributed by atoms with Gasteiger partial charge in [-0.15, -0.1) is 0 Å². The summed E-state index contributed by atoms with van der Waals surface area (Å²) in [6.07, 6.45) is 0. The smallest absolute Gasteiger partial charge is 0.147 e. The van der Waals surface area contributed by atoms with E-state index in [9.17, 15) is 4.79 Å². The van der Waals surface area contributed by atoms with E-state index in [2.05, 4.69) is 30.6 Å². The normalized spacial score (nSPS) is 20.0. The van der Waals surface area contributed by atoms with E-state index < -0.39 is 0 Å². The molecule has 1 rings (SSSR count). The summed E-state index contributed by atoms with van der Waals surface area (Å²) in [6, 6.07) is 0. The van der Waals surface area contributed by atoms with E-state index in [1.807, 2.05) is 0 Å². The van der Waals surface area contributed by atoms with Gasteiger partial charge in [0.1, 0.15) is 5.78 Å². The molecule has 0 aliphatic carbocycles. The quantitative estimate of drug-likeness (QED) is 0.682. The van der Waals surface area contributed by atoms with Gasteiger partial charge in [0.05, 0.1) is 12.1 Å². The van der Waals surface area contributed by atoms with Crippen LogP contribution < -0.4 is 0 Å². The molecule has 0 aromatic carbocycles. The Morgan fingerprint density at radius 2 is 1.75 bits per heavy atom. The standard InChI is InChI=1S/C12H23N2O2/c1-11(15)9-13-5-7-14(8-6-13)10-12(2,3)16-4/h1,5-10H2,2-4H3. The number of ether oxygens (including phenoxy) is 1. The third-order valence-corrected chi connectivity index (χ3v) is 3.02. The van der Waals surface area contributed by atoms with Crippen LogP contribution >= 0.6 is 0 Å². The number of carbonyl (C=O) groups excluding carboxylic acids is 1. The number of methoxy groups -OCH3 is 1. The third kappa shape index (κ3) is 4.60. The minimum absolute atomic E-state index is 0.00525. The summed E-state index contributed by atoms with van der Waals surface area (Å²) in [5.41, 5.74) is -0.0930. The van der Waals surface area contributed by atoms with Gasteiger partial charge in [-0.1, -0.05) is 0 Å². The zero-order chi connectivity index (χ0) is 12.2. The van der Waals surface area contributed by atoms with Crippen molar-refractivity contribution < 1.29 is 9.53 Å². The number of hydrogen-bond acceptors (Lipinski definition) is 4. The van der Waals surface area contributed by atoms with Crippen LogP contribution in [0.4, 0.5) is 0 Å². The Morgan fingerprint density at radius 3 is 2.19 bits per heavy atom. The number of carbonyl (C=O) groups is 1. The summed E-state index contributed by atoms with van der Waals surface area (Å²) in [4.78, 5) is 15.4. The molecule has 1 radical (unpaired) electrons. The van der Waals surface area contributed by atoms with Gasteiger partial charge < -0.3 is 4.74 Å². The van der Waals surface area contributed by atoms with Gasteiger partial charge in [0.2, 0.25) is 0 Å². The van der Waals surface area contributed by atoms with E-state index in [0.29, 0.717) is 6.54 Å². The maximum Gasteiger partial charge on any atom is 0.147 e. The molecule has 1 aliphatic rings. The second kappa shape index (κ2) is 5.75. The van der Waals surface area contributed by atoms with Crippen LogP contribution in [0.15, 0.2) is 0 Å². The third-order valence-electron chi connectivity index (χ3n) is 3.02. The van der Waals surface area contributed by atoms with Crippen molar-refractivity contribution in [3.63, 3.8) is 0 Å². The maximum atomic E-state index is 10.9. The minimum Gasteiger partial charge on any atom is -0.377 e. The van der Waals surface area contributed by atoms with Gasteiger partial charge in [-0.25, -0.2) is 0 Å². The second-order valence-corrected chi connectivity index (χ2v) is 5.05. The van der Waals surface area contributed by atoms with E-state index in [1.54, 1.807) is 7.11 Å². The number of piperazine rings is 1. The lowest BCUT2D eigenvalue weighted by molar-refractivity contribution is -0.116. The van der Waals surface area contributed by atoms with Crippen molar-refractivity contribution in [2.75, 3.05) is 46.4 Å². The highest BCUT2D eigenvalue weighted by Gasteiger charge is 2.24. The van der Waals surface area contributed by atoms with Crippen LogP contribution in [-0.4, -0.2) is 67.6 Å². The van der Waals surface area contributed by atoms with E-state index in [1.165, 1.54) is 0 Å². The predicted molar refractivity (Wildman–Crippen MR) is 64.3 cm³/mol. The van der Waals surface area contributed by atoms with Crippen LogP contribution in [-0.2, 0) is 9.53 Å². The largest absolute Gasteiger partial charge is 0.377 e. The molecule has 0 aromatic rings. The highest BCUT2D eigenvalue weighted by Crippen LogP contribution is 2.12. The van der Waals surface area contributed by atoms with Gasteiger partial charge in [-0.3, -0.25) is 14.6 Å². The molecule has 0 bridgehead atoms. The summed E-state index contributed by atoms with van der Waals surface area (Å²) in [5, 5.41) is 0. The van der Waals surface area contributed by atoms with Crippen molar-refractivity contribution in [1.82, 2.24) is 9.80 Å². The van der Waals surface area contributed by atoms with Crippen LogP contribution in [0.3, 0.4) is 0 Å². The van der Waals surface area contributed by atoms with Crippen LogP contribution in [0.5, 0.6) is 0 Å².